The molecule has 1 atom stereocenters. The first-order valence-electron chi connectivity index (χ1n) is 5.91. The van der Waals surface area contributed by atoms with E-state index in [0.29, 0.717) is 22.0 Å². The highest BCUT2D eigenvalue weighted by atomic mass is 35.5. The van der Waals surface area contributed by atoms with E-state index in [0.717, 1.165) is 4.90 Å². The number of likely N-dealkylation sites (N-methyl/N-ethyl adjacent to an activating group) is 1. The van der Waals surface area contributed by atoms with Crippen molar-refractivity contribution in [3.05, 3.63) is 23.1 Å². The molecule has 104 valence electrons. The van der Waals surface area contributed by atoms with Gasteiger partial charge in [-0.15, -0.1) is 11.6 Å². The van der Waals surface area contributed by atoms with Crippen LogP contribution >= 0.6 is 23.2 Å². The highest BCUT2D eigenvalue weighted by Crippen LogP contribution is 2.29. The van der Waals surface area contributed by atoms with Gasteiger partial charge in [-0.2, -0.15) is 0 Å². The first kappa shape index (κ1) is 13.3. The number of carbonyl (C=O) groups is 2. The largest absolute Gasteiger partial charge is 0.298 e. The van der Waals surface area contributed by atoms with Crippen molar-refractivity contribution in [2.45, 2.75) is 18.3 Å². The van der Waals surface area contributed by atoms with Gasteiger partial charge in [0, 0.05) is 13.2 Å². The zero-order valence-corrected chi connectivity index (χ0v) is 12.0. The molecule has 1 aliphatic rings. The van der Waals surface area contributed by atoms with Gasteiger partial charge in [0.2, 0.25) is 5.91 Å². The molecule has 0 aromatic carbocycles. The van der Waals surface area contributed by atoms with E-state index >= 15 is 0 Å². The monoisotopic (exact) mass is 312 g/mol. The van der Waals surface area contributed by atoms with Crippen molar-refractivity contribution in [3.63, 3.8) is 0 Å². The number of halogens is 2. The summed E-state index contributed by atoms with van der Waals surface area (Å²) in [6, 6.07) is 1.02. The molecule has 0 bridgehead atoms. The van der Waals surface area contributed by atoms with Gasteiger partial charge < -0.3 is 0 Å². The van der Waals surface area contributed by atoms with Crippen molar-refractivity contribution in [1.82, 2.24) is 19.4 Å². The summed E-state index contributed by atoms with van der Waals surface area (Å²) < 4.78 is 1.63. The minimum Gasteiger partial charge on any atom is -0.298 e. The number of carbonyl (C=O) groups excluding carboxylic acids is 2. The summed E-state index contributed by atoms with van der Waals surface area (Å²) in [4.78, 5) is 33.5. The van der Waals surface area contributed by atoms with Crippen LogP contribution in [-0.4, -0.2) is 38.3 Å². The fourth-order valence-corrected chi connectivity index (χ4v) is 2.70. The Morgan fingerprint density at radius 2 is 2.20 bits per heavy atom. The number of rotatable bonds is 2. The third-order valence-corrected chi connectivity index (χ3v) is 3.80. The van der Waals surface area contributed by atoms with Crippen LogP contribution in [0.4, 0.5) is 0 Å². The molecule has 2 aromatic rings. The number of fused-ring (bicyclic) bond motifs is 1. The standard InChI is InChI=1S/C12H10Cl2N4O2/c1-17-10(19)3-8(12(17)20)18-9(4-13)16-7-2-6(14)5-15-11(7)18/h2,5,8H,3-4H2,1H3. The Bertz CT molecular complexity index is 728. The topological polar surface area (TPSA) is 68.1 Å². The van der Waals surface area contributed by atoms with Crippen LogP contribution in [0.3, 0.4) is 0 Å². The molecule has 1 aliphatic heterocycles. The number of hydrogen-bond acceptors (Lipinski definition) is 4. The Balaban J connectivity index is 2.20. The first-order valence-corrected chi connectivity index (χ1v) is 6.83. The normalized spacial score (nSPS) is 19.4. The van der Waals surface area contributed by atoms with Crippen LogP contribution in [0.2, 0.25) is 5.02 Å². The second kappa shape index (κ2) is 4.71. The second-order valence-electron chi connectivity index (χ2n) is 4.54. The van der Waals surface area contributed by atoms with Crippen LogP contribution < -0.4 is 0 Å². The average Bonchev–Trinajstić information content (AvgIpc) is 2.90. The van der Waals surface area contributed by atoms with Crippen LogP contribution in [0.15, 0.2) is 12.3 Å². The lowest BCUT2D eigenvalue weighted by Gasteiger charge is -2.13. The molecule has 20 heavy (non-hydrogen) atoms. The average molecular weight is 313 g/mol. The Labute approximate surface area is 124 Å². The predicted molar refractivity (Wildman–Crippen MR) is 73.5 cm³/mol. The van der Waals surface area contributed by atoms with Gasteiger partial charge >= 0.3 is 0 Å². The molecule has 2 aromatic heterocycles. The Kier molecular flexibility index (Phi) is 3.14. The fraction of sp³-hybridized carbons (Fsp3) is 0.333. The number of nitrogens with zero attached hydrogens (tertiary/aromatic N) is 4. The lowest BCUT2D eigenvalue weighted by Crippen LogP contribution is -2.27. The second-order valence-corrected chi connectivity index (χ2v) is 5.24. The quantitative estimate of drug-likeness (QED) is 0.626. The van der Waals surface area contributed by atoms with Gasteiger partial charge in [-0.05, 0) is 6.07 Å². The van der Waals surface area contributed by atoms with E-state index in [1.165, 1.54) is 13.2 Å². The fourth-order valence-electron chi connectivity index (χ4n) is 2.36. The van der Waals surface area contributed by atoms with E-state index in [2.05, 4.69) is 9.97 Å². The van der Waals surface area contributed by atoms with E-state index < -0.39 is 6.04 Å². The molecule has 2 amide bonds. The zero-order chi connectivity index (χ0) is 14.4. The summed E-state index contributed by atoms with van der Waals surface area (Å²) in [5, 5.41) is 0.453. The lowest BCUT2D eigenvalue weighted by atomic mass is 10.2. The van der Waals surface area contributed by atoms with Crippen molar-refractivity contribution in [2.75, 3.05) is 7.05 Å². The smallest absolute Gasteiger partial charge is 0.252 e. The van der Waals surface area contributed by atoms with Crippen molar-refractivity contribution in [3.8, 4) is 0 Å². The van der Waals surface area contributed by atoms with E-state index in [1.807, 2.05) is 0 Å². The molecular formula is C12H10Cl2N4O2. The number of imidazole rings is 1. The van der Waals surface area contributed by atoms with Gasteiger partial charge in [0.1, 0.15) is 17.4 Å². The Morgan fingerprint density at radius 3 is 2.80 bits per heavy atom. The molecule has 3 rings (SSSR count). The van der Waals surface area contributed by atoms with E-state index in [-0.39, 0.29) is 24.1 Å². The van der Waals surface area contributed by atoms with Crippen molar-refractivity contribution < 1.29 is 9.59 Å². The molecule has 0 N–H and O–H groups in total. The zero-order valence-electron chi connectivity index (χ0n) is 10.5. The molecule has 0 radical (unpaired) electrons. The van der Waals surface area contributed by atoms with Gasteiger partial charge in [-0.3, -0.25) is 19.1 Å². The van der Waals surface area contributed by atoms with E-state index in [1.54, 1.807) is 10.6 Å². The highest BCUT2D eigenvalue weighted by molar-refractivity contribution is 6.31. The van der Waals surface area contributed by atoms with Gasteiger partial charge in [0.25, 0.3) is 5.91 Å². The maximum atomic E-state index is 12.2. The van der Waals surface area contributed by atoms with Gasteiger partial charge in [0.05, 0.1) is 17.3 Å². The molecule has 0 spiro atoms. The Hall–Kier alpha value is -1.66. The predicted octanol–water partition coefficient (Wildman–Crippen LogP) is 1.75. The maximum Gasteiger partial charge on any atom is 0.252 e. The van der Waals surface area contributed by atoms with Gasteiger partial charge in [-0.1, -0.05) is 11.6 Å². The number of imide groups is 1. The van der Waals surface area contributed by atoms with Crippen molar-refractivity contribution in [2.24, 2.45) is 0 Å². The number of amides is 2. The van der Waals surface area contributed by atoms with Crippen LogP contribution in [-0.2, 0) is 15.5 Å². The van der Waals surface area contributed by atoms with Crippen LogP contribution in [0.5, 0.6) is 0 Å². The highest BCUT2D eigenvalue weighted by Gasteiger charge is 2.39. The molecule has 6 nitrogen and oxygen atoms in total. The molecule has 0 aliphatic carbocycles. The third-order valence-electron chi connectivity index (χ3n) is 3.36. The first-order chi connectivity index (χ1) is 9.52. The van der Waals surface area contributed by atoms with Gasteiger partial charge in [-0.25, -0.2) is 9.97 Å². The summed E-state index contributed by atoms with van der Waals surface area (Å²) >= 11 is 11.8. The summed E-state index contributed by atoms with van der Waals surface area (Å²) in [5.74, 6) is 0.113. The number of likely N-dealkylation sites (tertiary alicyclic amines) is 1. The molecule has 1 unspecified atom stereocenters. The molecule has 3 heterocycles. The summed E-state index contributed by atoms with van der Waals surface area (Å²) in [7, 11) is 1.47. The third kappa shape index (κ3) is 1.87. The van der Waals surface area contributed by atoms with E-state index in [9.17, 15) is 9.59 Å². The summed E-state index contributed by atoms with van der Waals surface area (Å²) in [6.45, 7) is 0. The SMILES string of the molecule is CN1C(=O)CC(n2c(CCl)nc3cc(Cl)cnc32)C1=O. The number of pyridine rings is 1. The maximum absolute atomic E-state index is 12.2. The number of alkyl halides is 1. The lowest BCUT2D eigenvalue weighted by molar-refractivity contribution is -0.137. The number of aromatic nitrogens is 3. The van der Waals surface area contributed by atoms with Crippen LogP contribution in [0.1, 0.15) is 18.3 Å². The van der Waals surface area contributed by atoms with Crippen molar-refractivity contribution >= 4 is 46.2 Å². The summed E-state index contributed by atoms with van der Waals surface area (Å²) in [6.07, 6.45) is 1.57. The van der Waals surface area contributed by atoms with Crippen LogP contribution in [0, 0.1) is 0 Å². The molecular weight excluding hydrogens is 303 g/mol. The van der Waals surface area contributed by atoms with Gasteiger partial charge in [0.15, 0.2) is 5.65 Å². The summed E-state index contributed by atoms with van der Waals surface area (Å²) in [5.41, 5.74) is 1.06. The minimum absolute atomic E-state index is 0.0923. The molecule has 0 saturated carbocycles. The number of hydrogen-bond donors (Lipinski definition) is 0. The van der Waals surface area contributed by atoms with Crippen LogP contribution in [0.25, 0.3) is 11.2 Å². The minimum atomic E-state index is -0.639. The van der Waals surface area contributed by atoms with E-state index in [4.69, 9.17) is 23.2 Å². The molecule has 1 saturated heterocycles. The molecule has 8 heteroatoms. The Morgan fingerprint density at radius 1 is 1.45 bits per heavy atom. The van der Waals surface area contributed by atoms with Crippen molar-refractivity contribution in [1.29, 1.82) is 0 Å². The molecule has 1 fully saturated rings.